The second kappa shape index (κ2) is 11.7. The molecule has 1 unspecified atom stereocenters. The highest BCUT2D eigenvalue weighted by Gasteiger charge is 2.42. The number of ether oxygens (including phenoxy) is 1. The Labute approximate surface area is 219 Å². The Balaban J connectivity index is 1.05. The van der Waals surface area contributed by atoms with E-state index in [1.165, 1.54) is 0 Å². The fraction of sp³-hybridized carbons (Fsp3) is 0.680. The number of aromatic nitrogens is 4. The average Bonchev–Trinajstić information content (AvgIpc) is 3.58. The molecule has 0 spiro atoms. The van der Waals surface area contributed by atoms with E-state index in [-0.39, 0.29) is 31.0 Å². The molecule has 38 heavy (non-hydrogen) atoms. The summed E-state index contributed by atoms with van der Waals surface area (Å²) in [5.41, 5.74) is 1.04. The molecule has 13 heteroatoms. The molecule has 3 aliphatic rings. The Hall–Kier alpha value is -3.09. The number of anilines is 3. The fourth-order valence-corrected chi connectivity index (χ4v) is 5.61. The summed E-state index contributed by atoms with van der Waals surface area (Å²) in [7, 11) is 0. The Bertz CT molecular complexity index is 1070. The SMILES string of the molecule is O=C(N[C@@H]1CCC[C@H](C(F)(F)F)C1)N[C@H]1CC[C@H](Nc2nccc(Nc3cc(C4CCOC4)[nH]n3)n2)CC1. The predicted molar refractivity (Wildman–Crippen MR) is 135 cm³/mol. The fourth-order valence-electron chi connectivity index (χ4n) is 5.61. The molecule has 208 valence electrons. The average molecular weight is 537 g/mol. The first kappa shape index (κ1) is 26.5. The number of nitrogens with one attached hydrogen (secondary N) is 5. The molecule has 1 saturated heterocycles. The second-order valence-electron chi connectivity index (χ2n) is 10.6. The minimum atomic E-state index is -4.20. The molecule has 10 nitrogen and oxygen atoms in total. The van der Waals surface area contributed by atoms with Crippen LogP contribution in [0.5, 0.6) is 0 Å². The van der Waals surface area contributed by atoms with Gasteiger partial charge in [0, 0.05) is 48.6 Å². The third kappa shape index (κ3) is 7.06. The van der Waals surface area contributed by atoms with E-state index in [4.69, 9.17) is 4.74 Å². The summed E-state index contributed by atoms with van der Waals surface area (Å²) in [4.78, 5) is 21.3. The van der Waals surface area contributed by atoms with Gasteiger partial charge in [-0.05, 0) is 57.4 Å². The third-order valence-electron chi connectivity index (χ3n) is 7.75. The van der Waals surface area contributed by atoms with E-state index in [2.05, 4.69) is 41.4 Å². The zero-order valence-electron chi connectivity index (χ0n) is 21.2. The van der Waals surface area contributed by atoms with Crippen LogP contribution in [0.2, 0.25) is 0 Å². The van der Waals surface area contributed by atoms with Crippen LogP contribution in [0.1, 0.15) is 69.4 Å². The van der Waals surface area contributed by atoms with Crippen LogP contribution < -0.4 is 21.3 Å². The van der Waals surface area contributed by atoms with Crippen LogP contribution in [0.3, 0.4) is 0 Å². The van der Waals surface area contributed by atoms with Crippen molar-refractivity contribution in [2.45, 2.75) is 88.0 Å². The Kier molecular flexibility index (Phi) is 8.20. The summed E-state index contributed by atoms with van der Waals surface area (Å²) in [6.07, 6.45) is 2.78. The lowest BCUT2D eigenvalue weighted by Gasteiger charge is -2.33. The number of halogens is 3. The molecule has 2 saturated carbocycles. The first-order valence-electron chi connectivity index (χ1n) is 13.4. The van der Waals surface area contributed by atoms with Crippen LogP contribution >= 0.6 is 0 Å². The van der Waals surface area contributed by atoms with Gasteiger partial charge in [-0.2, -0.15) is 23.3 Å². The van der Waals surface area contributed by atoms with E-state index in [1.807, 2.05) is 6.07 Å². The lowest BCUT2D eigenvalue weighted by molar-refractivity contribution is -0.183. The van der Waals surface area contributed by atoms with Crippen molar-refractivity contribution in [2.75, 3.05) is 23.8 Å². The summed E-state index contributed by atoms with van der Waals surface area (Å²) in [6.45, 7) is 1.47. The molecule has 3 fully saturated rings. The summed E-state index contributed by atoms with van der Waals surface area (Å²) in [5.74, 6) is 0.836. The topological polar surface area (TPSA) is 129 Å². The van der Waals surface area contributed by atoms with Gasteiger partial charge in [0.1, 0.15) is 5.82 Å². The number of nitrogens with zero attached hydrogens (tertiary/aromatic N) is 3. The number of H-pyrrole nitrogens is 1. The van der Waals surface area contributed by atoms with Gasteiger partial charge in [-0.25, -0.2) is 9.78 Å². The molecule has 0 bridgehead atoms. The number of urea groups is 1. The van der Waals surface area contributed by atoms with Crippen LogP contribution in [0, 0.1) is 5.92 Å². The molecule has 3 heterocycles. The lowest BCUT2D eigenvalue weighted by Crippen LogP contribution is -2.49. The van der Waals surface area contributed by atoms with E-state index in [0.717, 1.165) is 44.4 Å². The molecule has 2 aliphatic carbocycles. The summed E-state index contributed by atoms with van der Waals surface area (Å²) in [5, 5.41) is 19.7. The van der Waals surface area contributed by atoms with E-state index in [9.17, 15) is 18.0 Å². The third-order valence-corrected chi connectivity index (χ3v) is 7.75. The van der Waals surface area contributed by atoms with Gasteiger partial charge in [-0.1, -0.05) is 6.42 Å². The molecule has 0 radical (unpaired) electrons. The van der Waals surface area contributed by atoms with Crippen LogP contribution in [0.25, 0.3) is 0 Å². The molecular formula is C25H35F3N8O2. The van der Waals surface area contributed by atoms with Crippen molar-refractivity contribution in [1.82, 2.24) is 30.8 Å². The van der Waals surface area contributed by atoms with Crippen LogP contribution in [-0.4, -0.2) is 63.7 Å². The smallest absolute Gasteiger partial charge is 0.381 e. The maximum absolute atomic E-state index is 13.0. The van der Waals surface area contributed by atoms with Crippen molar-refractivity contribution in [3.63, 3.8) is 0 Å². The van der Waals surface area contributed by atoms with Crippen LogP contribution in [0.4, 0.5) is 35.5 Å². The van der Waals surface area contributed by atoms with Crippen molar-refractivity contribution in [2.24, 2.45) is 5.92 Å². The number of hydrogen-bond donors (Lipinski definition) is 5. The molecule has 2 amide bonds. The first-order chi connectivity index (χ1) is 18.3. The molecule has 2 aromatic rings. The number of amides is 2. The van der Waals surface area contributed by atoms with E-state index in [0.29, 0.717) is 43.0 Å². The normalized spacial score (nSPS) is 28.0. The number of aromatic amines is 1. The molecule has 1 aliphatic heterocycles. The molecule has 3 atom stereocenters. The van der Waals surface area contributed by atoms with Gasteiger partial charge in [0.05, 0.1) is 12.5 Å². The van der Waals surface area contributed by atoms with Crippen molar-refractivity contribution in [3.05, 3.63) is 24.0 Å². The maximum atomic E-state index is 13.0. The molecule has 5 N–H and O–H groups in total. The zero-order chi connectivity index (χ0) is 26.5. The molecule has 2 aromatic heterocycles. The van der Waals surface area contributed by atoms with Crippen molar-refractivity contribution < 1.29 is 22.7 Å². The quantitative estimate of drug-likeness (QED) is 0.350. The number of hydrogen-bond acceptors (Lipinski definition) is 7. The first-order valence-corrected chi connectivity index (χ1v) is 13.4. The molecular weight excluding hydrogens is 501 g/mol. The Morgan fingerprint density at radius 3 is 2.55 bits per heavy atom. The highest BCUT2D eigenvalue weighted by Crippen LogP contribution is 2.37. The van der Waals surface area contributed by atoms with Gasteiger partial charge in [0.15, 0.2) is 5.82 Å². The van der Waals surface area contributed by atoms with E-state index >= 15 is 0 Å². The van der Waals surface area contributed by atoms with Gasteiger partial charge in [-0.3, -0.25) is 5.10 Å². The van der Waals surface area contributed by atoms with E-state index in [1.54, 1.807) is 12.3 Å². The van der Waals surface area contributed by atoms with Gasteiger partial charge in [0.25, 0.3) is 0 Å². The van der Waals surface area contributed by atoms with Gasteiger partial charge in [0.2, 0.25) is 5.95 Å². The summed E-state index contributed by atoms with van der Waals surface area (Å²) >= 11 is 0. The number of carbonyl (C=O) groups excluding carboxylic acids is 1. The standard InChI is InChI=1S/C25H35F3N8O2/c26-25(27,28)16-2-1-3-19(12-16)32-24(37)31-18-6-4-17(5-7-18)30-23-29-10-8-21(34-23)33-22-13-20(35-36-22)15-9-11-38-14-15/h8,10,13,15-19H,1-7,9,11-12,14H2,(H2,31,32,37)(H3,29,30,33,34,35,36)/t15?,16-,17-,18-,19+/m0/s1. The van der Waals surface area contributed by atoms with Gasteiger partial charge >= 0.3 is 12.2 Å². The van der Waals surface area contributed by atoms with Crippen LogP contribution in [-0.2, 0) is 4.74 Å². The van der Waals surface area contributed by atoms with Gasteiger partial charge < -0.3 is 26.0 Å². The number of carbonyl (C=O) groups is 1. The molecule has 5 rings (SSSR count). The highest BCUT2D eigenvalue weighted by molar-refractivity contribution is 5.74. The van der Waals surface area contributed by atoms with Crippen molar-refractivity contribution >= 4 is 23.6 Å². The predicted octanol–water partition coefficient (Wildman–Crippen LogP) is 4.59. The summed E-state index contributed by atoms with van der Waals surface area (Å²) in [6, 6.07) is 3.09. The largest absolute Gasteiger partial charge is 0.391 e. The zero-order valence-corrected chi connectivity index (χ0v) is 21.2. The highest BCUT2D eigenvalue weighted by atomic mass is 19.4. The lowest BCUT2D eigenvalue weighted by atomic mass is 9.85. The minimum Gasteiger partial charge on any atom is -0.381 e. The van der Waals surface area contributed by atoms with E-state index < -0.39 is 18.1 Å². The Morgan fingerprint density at radius 1 is 1.00 bits per heavy atom. The number of rotatable bonds is 7. The second-order valence-corrected chi connectivity index (χ2v) is 10.6. The van der Waals surface area contributed by atoms with Crippen molar-refractivity contribution in [3.8, 4) is 0 Å². The maximum Gasteiger partial charge on any atom is 0.391 e. The minimum absolute atomic E-state index is 0.0110. The monoisotopic (exact) mass is 536 g/mol. The Morgan fingerprint density at radius 2 is 1.79 bits per heavy atom. The summed E-state index contributed by atoms with van der Waals surface area (Å²) < 4.78 is 44.6. The van der Waals surface area contributed by atoms with Gasteiger partial charge in [-0.15, -0.1) is 0 Å². The van der Waals surface area contributed by atoms with Crippen LogP contribution in [0.15, 0.2) is 18.3 Å². The number of alkyl halides is 3. The van der Waals surface area contributed by atoms with Crippen molar-refractivity contribution in [1.29, 1.82) is 0 Å². The molecule has 0 aromatic carbocycles.